The average Bonchev–Trinajstić information content (AvgIpc) is 3.83. The van der Waals surface area contributed by atoms with Gasteiger partial charge in [-0.3, -0.25) is 0 Å². The standard InChI is InChI=1S/C50H84O22/c1-21(18-64-44-40(61)37(58)36(57)31(16-51)68-44)8-13-50(63-5)22(2)33-30(72-50)15-27-25-7-6-23-14-24(9-11-48(23,3)26(25)10-12-49(27,33)4)67-47-43(71-46-39(60)35(56)29(54)20-66-46)41(62)42(32(17-52)69-47)70-45-38(59)34(55)28(53)19-65-45/h21-47,51-62H,6-20H2,1-5H3/t21-,22-,23+,24-,25+,26-,27-,28+,29+,30-,31+,32+,33-,34-,35-,36+,37-,38+,39+,40+,41-,42+,43+,44+,45-,46-,47+,48-,49-,50+/m0/s1. The molecule has 0 aromatic rings. The van der Waals surface area contributed by atoms with Crippen LogP contribution in [-0.2, 0) is 47.4 Å². The molecule has 22 nitrogen and oxygen atoms in total. The molecule has 30 atom stereocenters. The van der Waals surface area contributed by atoms with E-state index in [1.54, 1.807) is 7.11 Å². The van der Waals surface area contributed by atoms with Crippen molar-refractivity contribution in [2.24, 2.45) is 52.3 Å². The third-order valence-electron chi connectivity index (χ3n) is 19.6. The first-order valence-corrected chi connectivity index (χ1v) is 26.6. The van der Waals surface area contributed by atoms with Crippen LogP contribution >= 0.6 is 0 Å². The highest BCUT2D eigenvalue weighted by Crippen LogP contribution is 2.71. The van der Waals surface area contributed by atoms with Crippen LogP contribution in [0.15, 0.2) is 0 Å². The molecule has 9 fully saturated rings. The van der Waals surface area contributed by atoms with Crippen molar-refractivity contribution >= 4 is 0 Å². The summed E-state index contributed by atoms with van der Waals surface area (Å²) in [5.74, 6) is 1.47. The summed E-state index contributed by atoms with van der Waals surface area (Å²) in [4.78, 5) is 0. The fourth-order valence-corrected chi connectivity index (χ4v) is 15.4. The fourth-order valence-electron chi connectivity index (χ4n) is 15.4. The number of hydrogen-bond acceptors (Lipinski definition) is 22. The first kappa shape index (κ1) is 55.9. The minimum absolute atomic E-state index is 0.0129. The third-order valence-corrected chi connectivity index (χ3v) is 19.6. The molecule has 9 rings (SSSR count). The van der Waals surface area contributed by atoms with Crippen LogP contribution in [0.25, 0.3) is 0 Å². The second-order valence-corrected chi connectivity index (χ2v) is 23.5. The van der Waals surface area contributed by atoms with Crippen molar-refractivity contribution in [1.82, 2.24) is 0 Å². The van der Waals surface area contributed by atoms with Gasteiger partial charge in [0.2, 0.25) is 0 Å². The van der Waals surface area contributed by atoms with Crippen LogP contribution in [0.4, 0.5) is 0 Å². The Kier molecular flexibility index (Phi) is 17.1. The van der Waals surface area contributed by atoms with Gasteiger partial charge >= 0.3 is 0 Å². The van der Waals surface area contributed by atoms with Crippen molar-refractivity contribution < 1.29 is 109 Å². The summed E-state index contributed by atoms with van der Waals surface area (Å²) in [7, 11) is 1.73. The van der Waals surface area contributed by atoms with E-state index in [0.29, 0.717) is 55.3 Å². The predicted molar refractivity (Wildman–Crippen MR) is 244 cm³/mol. The third kappa shape index (κ3) is 10.00. The van der Waals surface area contributed by atoms with Gasteiger partial charge in [-0.15, -0.1) is 0 Å². The quantitative estimate of drug-likeness (QED) is 0.0788. The van der Waals surface area contributed by atoms with Gasteiger partial charge < -0.3 is 109 Å². The van der Waals surface area contributed by atoms with Crippen molar-refractivity contribution in [2.75, 3.05) is 40.1 Å². The molecule has 0 radical (unpaired) electrons. The van der Waals surface area contributed by atoms with Crippen LogP contribution in [0.2, 0.25) is 0 Å². The zero-order chi connectivity index (χ0) is 51.8. The van der Waals surface area contributed by atoms with E-state index >= 15 is 0 Å². The Morgan fingerprint density at radius 2 is 1.22 bits per heavy atom. The van der Waals surface area contributed by atoms with Crippen LogP contribution in [0, 0.1) is 52.3 Å². The maximum absolute atomic E-state index is 11.9. The average molecular weight is 1040 g/mol. The number of methoxy groups -OCH3 is 1. The molecular formula is C50H84O22. The minimum Gasteiger partial charge on any atom is -0.394 e. The van der Waals surface area contributed by atoms with E-state index in [0.717, 1.165) is 38.5 Å². The normalized spacial score (nSPS) is 55.1. The van der Waals surface area contributed by atoms with Crippen LogP contribution in [-0.4, -0.2) is 230 Å². The molecule has 72 heavy (non-hydrogen) atoms. The van der Waals surface area contributed by atoms with Gasteiger partial charge in [0.15, 0.2) is 30.9 Å². The summed E-state index contributed by atoms with van der Waals surface area (Å²) in [6.45, 7) is 7.50. The SMILES string of the molecule is CO[C@]1(CC[C@H](C)CO[C@@H]2O[C@H](CO)[C@@H](O)[C@H](O)[C@H]2O)O[C@H]2C[C@H]3[C@@H]4CC[C@@H]5C[C@@H](O[C@@H]6O[C@H](CO)[C@@H](O[C@@H]7OC[C@@H](O)[C@H](O)[C@H]7O)[C@H](O)[C@H]6O[C@@H]6OC[C@@H](O)[C@H](O)[C@H]6O)CC[C@]5(C)[C@H]4CC[C@]3(C)[C@H]2[C@@H]1C. The minimum atomic E-state index is -1.71. The van der Waals surface area contributed by atoms with Gasteiger partial charge in [-0.25, -0.2) is 0 Å². The van der Waals surface area contributed by atoms with E-state index in [-0.39, 0.29) is 54.7 Å². The van der Waals surface area contributed by atoms with E-state index < -0.39 is 130 Å². The molecule has 0 unspecified atom stereocenters. The van der Waals surface area contributed by atoms with Gasteiger partial charge in [-0.1, -0.05) is 27.7 Å². The first-order chi connectivity index (χ1) is 34.2. The molecule has 0 aromatic heterocycles. The van der Waals surface area contributed by atoms with Crippen LogP contribution in [0.3, 0.4) is 0 Å². The molecule has 9 aliphatic rings. The maximum Gasteiger partial charge on any atom is 0.187 e. The Bertz CT molecular complexity index is 1790. The molecule has 4 saturated carbocycles. The lowest BCUT2D eigenvalue weighted by atomic mass is 9.44. The van der Waals surface area contributed by atoms with E-state index in [4.69, 9.17) is 47.4 Å². The highest BCUT2D eigenvalue weighted by atomic mass is 16.8. The van der Waals surface area contributed by atoms with Gasteiger partial charge in [-0.2, -0.15) is 0 Å². The van der Waals surface area contributed by atoms with Gasteiger partial charge in [0, 0.05) is 19.4 Å². The zero-order valence-corrected chi connectivity index (χ0v) is 42.1. The number of aliphatic hydroxyl groups is 12. The Hall–Kier alpha value is -0.880. The van der Waals surface area contributed by atoms with Crippen molar-refractivity contribution in [3.8, 4) is 0 Å². The van der Waals surface area contributed by atoms with E-state index in [2.05, 4.69) is 20.8 Å². The Morgan fingerprint density at radius 3 is 1.86 bits per heavy atom. The lowest BCUT2D eigenvalue weighted by Crippen LogP contribution is -2.66. The summed E-state index contributed by atoms with van der Waals surface area (Å²) in [5, 5.41) is 125. The topological polar surface area (TPSA) is 335 Å². The molecule has 416 valence electrons. The largest absolute Gasteiger partial charge is 0.394 e. The van der Waals surface area contributed by atoms with Crippen LogP contribution in [0.1, 0.15) is 91.9 Å². The summed E-state index contributed by atoms with van der Waals surface area (Å²) >= 11 is 0. The summed E-state index contributed by atoms with van der Waals surface area (Å²) in [5.41, 5.74) is 0.0850. The number of fused-ring (bicyclic) bond motifs is 7. The van der Waals surface area contributed by atoms with Crippen molar-refractivity contribution in [3.05, 3.63) is 0 Å². The number of rotatable bonds is 15. The second-order valence-electron chi connectivity index (χ2n) is 23.5. The van der Waals surface area contributed by atoms with Crippen LogP contribution in [0.5, 0.6) is 0 Å². The number of hydrogen-bond donors (Lipinski definition) is 12. The molecule has 0 spiro atoms. The fraction of sp³-hybridized carbons (Fsp3) is 1.00. The highest BCUT2D eigenvalue weighted by molar-refractivity contribution is 5.15. The maximum atomic E-state index is 11.9. The monoisotopic (exact) mass is 1040 g/mol. The predicted octanol–water partition coefficient (Wildman–Crippen LogP) is -2.02. The lowest BCUT2D eigenvalue weighted by Gasteiger charge is -2.61. The zero-order valence-electron chi connectivity index (χ0n) is 42.1. The van der Waals surface area contributed by atoms with Gasteiger partial charge in [-0.05, 0) is 104 Å². The number of ether oxygens (including phenoxy) is 10. The molecule has 5 saturated heterocycles. The molecule has 5 aliphatic heterocycles. The van der Waals surface area contributed by atoms with Crippen molar-refractivity contribution in [1.29, 1.82) is 0 Å². The molecule has 0 bridgehead atoms. The molecular weight excluding hydrogens is 953 g/mol. The smallest absolute Gasteiger partial charge is 0.187 e. The molecule has 5 heterocycles. The summed E-state index contributed by atoms with van der Waals surface area (Å²) in [6.07, 6.45) is -17.7. The van der Waals surface area contributed by atoms with E-state index in [9.17, 15) is 61.3 Å². The van der Waals surface area contributed by atoms with Crippen molar-refractivity contribution in [2.45, 2.75) is 221 Å². The Labute approximate surface area is 420 Å². The lowest BCUT2D eigenvalue weighted by molar-refractivity contribution is -0.382. The summed E-state index contributed by atoms with van der Waals surface area (Å²) in [6, 6.07) is 0. The molecule has 0 aromatic carbocycles. The van der Waals surface area contributed by atoms with E-state index in [1.165, 1.54) is 0 Å². The first-order valence-electron chi connectivity index (χ1n) is 26.6. The Morgan fingerprint density at radius 1 is 0.611 bits per heavy atom. The molecule has 4 aliphatic carbocycles. The molecule has 0 amide bonds. The number of aliphatic hydroxyl groups excluding tert-OH is 12. The van der Waals surface area contributed by atoms with Crippen LogP contribution < -0.4 is 0 Å². The van der Waals surface area contributed by atoms with Gasteiger partial charge in [0.05, 0.1) is 45.2 Å². The molecule has 22 heteroatoms. The highest BCUT2D eigenvalue weighted by Gasteiger charge is 2.69. The second kappa shape index (κ2) is 22.1. The molecule has 12 N–H and O–H groups in total. The van der Waals surface area contributed by atoms with Gasteiger partial charge in [0.25, 0.3) is 0 Å². The summed E-state index contributed by atoms with van der Waals surface area (Å²) < 4.78 is 60.9. The Balaban J connectivity index is 0.829. The van der Waals surface area contributed by atoms with E-state index in [1.807, 2.05) is 6.92 Å². The van der Waals surface area contributed by atoms with Gasteiger partial charge in [0.1, 0.15) is 85.5 Å². The van der Waals surface area contributed by atoms with Crippen molar-refractivity contribution in [3.63, 3.8) is 0 Å².